The quantitative estimate of drug-likeness (QED) is 0.0399. The minimum absolute atomic E-state index is 0.107. The molecule has 5 heteroatoms. The van der Waals surface area contributed by atoms with E-state index in [9.17, 15) is 20.1 Å². The van der Waals surface area contributed by atoms with Crippen LogP contribution in [0.4, 0.5) is 0 Å². The van der Waals surface area contributed by atoms with E-state index in [2.05, 4.69) is 55.6 Å². The van der Waals surface area contributed by atoms with Crippen LogP contribution in [0.15, 0.2) is 60.8 Å². The number of unbranched alkanes of at least 4 members (excludes halogenated alkanes) is 20. The summed E-state index contributed by atoms with van der Waals surface area (Å²) in [4.78, 5) is 12.3. The van der Waals surface area contributed by atoms with Crippen LogP contribution in [0, 0.1) is 0 Å². The molecule has 0 aliphatic heterocycles. The van der Waals surface area contributed by atoms with E-state index in [4.69, 9.17) is 0 Å². The van der Waals surface area contributed by atoms with Crippen LogP contribution in [-0.2, 0) is 4.79 Å². The first-order valence-electron chi connectivity index (χ1n) is 20.1. The average molecular weight is 672 g/mol. The van der Waals surface area contributed by atoms with Crippen LogP contribution >= 0.6 is 0 Å². The highest BCUT2D eigenvalue weighted by molar-refractivity contribution is 5.77. The van der Waals surface area contributed by atoms with Crippen LogP contribution in [0.1, 0.15) is 181 Å². The second kappa shape index (κ2) is 37.9. The topological polar surface area (TPSA) is 89.8 Å². The highest BCUT2D eigenvalue weighted by atomic mass is 16.3. The van der Waals surface area contributed by atoms with Gasteiger partial charge in [0.25, 0.3) is 0 Å². The van der Waals surface area contributed by atoms with Gasteiger partial charge in [-0.2, -0.15) is 0 Å². The zero-order chi connectivity index (χ0) is 35.2. The van der Waals surface area contributed by atoms with Crippen molar-refractivity contribution in [3.8, 4) is 0 Å². The lowest BCUT2D eigenvalue weighted by Crippen LogP contribution is -2.45. The molecule has 4 N–H and O–H groups in total. The summed E-state index contributed by atoms with van der Waals surface area (Å²) in [6, 6.07) is -0.799. The smallest absolute Gasteiger partial charge is 0.223 e. The minimum Gasteiger partial charge on any atom is -0.394 e. The summed E-state index contributed by atoms with van der Waals surface area (Å²) >= 11 is 0. The van der Waals surface area contributed by atoms with Gasteiger partial charge in [-0.05, 0) is 57.8 Å². The third-order valence-electron chi connectivity index (χ3n) is 8.76. The summed E-state index contributed by atoms with van der Waals surface area (Å²) in [6.45, 7) is 4.14. The molecule has 1 amide bonds. The molecule has 0 aliphatic carbocycles. The molecule has 0 aliphatic rings. The second-order valence-corrected chi connectivity index (χ2v) is 13.5. The van der Waals surface area contributed by atoms with Crippen molar-refractivity contribution < 1.29 is 20.1 Å². The zero-order valence-electron chi connectivity index (χ0n) is 31.3. The molecule has 0 fully saturated rings. The number of carbonyl (C=O) groups excluding carboxylic acids is 1. The van der Waals surface area contributed by atoms with Gasteiger partial charge in [-0.1, -0.05) is 177 Å². The largest absolute Gasteiger partial charge is 0.394 e. The molecule has 278 valence electrons. The maximum Gasteiger partial charge on any atom is 0.223 e. The highest BCUT2D eigenvalue weighted by Gasteiger charge is 2.19. The number of hydrogen-bond acceptors (Lipinski definition) is 4. The fourth-order valence-corrected chi connectivity index (χ4v) is 5.66. The lowest BCUT2D eigenvalue weighted by Gasteiger charge is -2.20. The van der Waals surface area contributed by atoms with E-state index >= 15 is 0 Å². The van der Waals surface area contributed by atoms with E-state index in [1.54, 1.807) is 12.2 Å². The fourth-order valence-electron chi connectivity index (χ4n) is 5.66. The molecular formula is C43H77NO4. The maximum atomic E-state index is 12.3. The van der Waals surface area contributed by atoms with Crippen LogP contribution in [0.5, 0.6) is 0 Å². The van der Waals surface area contributed by atoms with Gasteiger partial charge in [-0.15, -0.1) is 0 Å². The van der Waals surface area contributed by atoms with Crippen LogP contribution in [0.25, 0.3) is 0 Å². The molecule has 0 saturated heterocycles. The Morgan fingerprint density at radius 2 is 0.938 bits per heavy atom. The first-order chi connectivity index (χ1) is 23.5. The van der Waals surface area contributed by atoms with Crippen molar-refractivity contribution in [1.29, 1.82) is 0 Å². The molecule has 0 heterocycles. The number of allylic oxidation sites excluding steroid dienone is 8. The third kappa shape index (κ3) is 33.9. The number of hydrogen-bond donors (Lipinski definition) is 4. The number of aliphatic hydroxyl groups excluding tert-OH is 3. The molecule has 0 radical (unpaired) electrons. The molecule has 3 unspecified atom stereocenters. The first kappa shape index (κ1) is 46.0. The summed E-state index contributed by atoms with van der Waals surface area (Å²) in [6.07, 6.45) is 49.5. The number of nitrogens with one attached hydrogen (secondary N) is 1. The van der Waals surface area contributed by atoms with Crippen molar-refractivity contribution in [2.75, 3.05) is 6.61 Å². The molecule has 0 aromatic heterocycles. The lowest BCUT2D eigenvalue weighted by atomic mass is 10.0. The molecule has 0 saturated carbocycles. The SMILES string of the molecule is CCCCCCCC/C=C\C/C=C\C(O)CC(=O)NC(CO)C(O)/C=C/CC/C=C/CC/C=C/CCCCCCCCCCCCCC. The van der Waals surface area contributed by atoms with Crippen LogP contribution in [-0.4, -0.2) is 46.1 Å². The monoisotopic (exact) mass is 672 g/mol. The molecule has 48 heavy (non-hydrogen) atoms. The Labute approximate surface area is 297 Å². The second-order valence-electron chi connectivity index (χ2n) is 13.5. The Bertz CT molecular complexity index is 831. The van der Waals surface area contributed by atoms with Gasteiger partial charge in [0.05, 0.1) is 31.3 Å². The third-order valence-corrected chi connectivity index (χ3v) is 8.76. The van der Waals surface area contributed by atoms with Gasteiger partial charge < -0.3 is 20.6 Å². The minimum atomic E-state index is -0.984. The van der Waals surface area contributed by atoms with E-state index in [0.29, 0.717) is 0 Å². The molecule has 0 aromatic carbocycles. The van der Waals surface area contributed by atoms with E-state index in [1.165, 1.54) is 122 Å². The fraction of sp³-hybridized carbons (Fsp3) is 0.744. The van der Waals surface area contributed by atoms with E-state index < -0.39 is 24.2 Å². The lowest BCUT2D eigenvalue weighted by molar-refractivity contribution is -0.124. The molecule has 5 nitrogen and oxygen atoms in total. The van der Waals surface area contributed by atoms with Crippen molar-refractivity contribution in [3.05, 3.63) is 60.8 Å². The van der Waals surface area contributed by atoms with Crippen LogP contribution in [0.3, 0.4) is 0 Å². The Morgan fingerprint density at radius 1 is 0.521 bits per heavy atom. The Hall–Kier alpha value is -1.95. The van der Waals surface area contributed by atoms with Gasteiger partial charge in [0, 0.05) is 0 Å². The van der Waals surface area contributed by atoms with Crippen molar-refractivity contribution in [2.24, 2.45) is 0 Å². The molecule has 0 rings (SSSR count). The Morgan fingerprint density at radius 3 is 1.42 bits per heavy atom. The Kier molecular flexibility index (Phi) is 36.3. The van der Waals surface area contributed by atoms with Gasteiger partial charge in [-0.3, -0.25) is 4.79 Å². The molecule has 0 spiro atoms. The highest BCUT2D eigenvalue weighted by Crippen LogP contribution is 2.13. The number of carbonyl (C=O) groups is 1. The normalized spacial score (nSPS) is 14.4. The Balaban J connectivity index is 3.84. The first-order valence-corrected chi connectivity index (χ1v) is 20.1. The molecule has 3 atom stereocenters. The summed E-state index contributed by atoms with van der Waals surface area (Å²) in [7, 11) is 0. The van der Waals surface area contributed by atoms with E-state index in [1.807, 2.05) is 12.2 Å². The van der Waals surface area contributed by atoms with Gasteiger partial charge in [-0.25, -0.2) is 0 Å². The van der Waals surface area contributed by atoms with Crippen LogP contribution < -0.4 is 5.32 Å². The predicted molar refractivity (Wildman–Crippen MR) is 208 cm³/mol. The standard InChI is InChI=1S/C43H77NO4/c1-3-5-7-9-11-13-15-16-17-18-19-20-21-22-23-24-25-27-29-31-33-35-37-42(47)41(39-45)44-43(48)38-40(46)36-34-32-30-28-26-14-12-10-8-6-4-2/h22-23,27-30,34-37,40-42,45-47H,3-21,24-26,31-33,38-39H2,1-2H3,(H,44,48)/b23-22+,29-27+,30-28-,36-34-,37-35+. The van der Waals surface area contributed by atoms with E-state index in [-0.39, 0.29) is 13.0 Å². The summed E-state index contributed by atoms with van der Waals surface area (Å²) in [5, 5.41) is 32.9. The summed E-state index contributed by atoms with van der Waals surface area (Å²) in [5.41, 5.74) is 0. The maximum absolute atomic E-state index is 12.3. The van der Waals surface area contributed by atoms with Crippen molar-refractivity contribution in [1.82, 2.24) is 5.32 Å². The average Bonchev–Trinajstić information content (AvgIpc) is 3.08. The van der Waals surface area contributed by atoms with Crippen LogP contribution in [0.2, 0.25) is 0 Å². The van der Waals surface area contributed by atoms with Crippen molar-refractivity contribution >= 4 is 5.91 Å². The van der Waals surface area contributed by atoms with Crippen molar-refractivity contribution in [2.45, 2.75) is 199 Å². The van der Waals surface area contributed by atoms with Crippen molar-refractivity contribution in [3.63, 3.8) is 0 Å². The predicted octanol–water partition coefficient (Wildman–Crippen LogP) is 11.1. The number of amides is 1. The summed E-state index contributed by atoms with van der Waals surface area (Å²) < 4.78 is 0. The van der Waals surface area contributed by atoms with Gasteiger partial charge in [0.1, 0.15) is 0 Å². The number of rotatable bonds is 35. The van der Waals surface area contributed by atoms with Gasteiger partial charge >= 0.3 is 0 Å². The molecule has 0 aromatic rings. The van der Waals surface area contributed by atoms with Gasteiger partial charge in [0.15, 0.2) is 0 Å². The molecule has 0 bridgehead atoms. The summed E-state index contributed by atoms with van der Waals surface area (Å²) in [5.74, 6) is -0.400. The molecular weight excluding hydrogens is 594 g/mol. The van der Waals surface area contributed by atoms with E-state index in [0.717, 1.165) is 38.5 Å². The van der Waals surface area contributed by atoms with Gasteiger partial charge in [0.2, 0.25) is 5.91 Å². The number of aliphatic hydroxyl groups is 3. The zero-order valence-corrected chi connectivity index (χ0v) is 31.3.